The third kappa shape index (κ3) is 16.7. The Hall–Kier alpha value is -2.73. The van der Waals surface area contributed by atoms with Crippen LogP contribution in [0.3, 0.4) is 0 Å². The van der Waals surface area contributed by atoms with Crippen LogP contribution in [0, 0.1) is 24.7 Å². The summed E-state index contributed by atoms with van der Waals surface area (Å²) >= 11 is 3.60. The second kappa shape index (κ2) is 26.1. The van der Waals surface area contributed by atoms with Crippen molar-refractivity contribution in [2.24, 2.45) is 16.6 Å². The van der Waals surface area contributed by atoms with E-state index in [1.807, 2.05) is 74.1 Å². The van der Waals surface area contributed by atoms with Crippen LogP contribution in [-0.2, 0) is 41.5 Å². The fraction of sp³-hybridized carbons (Fsp3) is 0.610. The van der Waals surface area contributed by atoms with Crippen LogP contribution in [0.1, 0.15) is 93.9 Å². The molecule has 2 aromatic rings. The second-order valence-electron chi connectivity index (χ2n) is 13.8. The van der Waals surface area contributed by atoms with Gasteiger partial charge in [-0.25, -0.2) is 4.79 Å². The molecule has 0 heterocycles. The van der Waals surface area contributed by atoms with E-state index in [0.29, 0.717) is 12.8 Å². The predicted octanol–water partition coefficient (Wildman–Crippen LogP) is 7.99. The van der Waals surface area contributed by atoms with Gasteiger partial charge in [0, 0.05) is 11.8 Å². The van der Waals surface area contributed by atoms with Crippen LogP contribution in [0.25, 0.3) is 0 Å². The number of aryl methyl sites for hydroxylation is 2. The van der Waals surface area contributed by atoms with Gasteiger partial charge in [0.15, 0.2) is 0 Å². The van der Waals surface area contributed by atoms with Crippen LogP contribution in [0.5, 0.6) is 0 Å². The number of hydrogen-bond donors (Lipinski definition) is 3. The van der Waals surface area contributed by atoms with Crippen LogP contribution in [-0.4, -0.2) is 79.2 Å². The first-order valence-corrected chi connectivity index (χ1v) is 20.7. The van der Waals surface area contributed by atoms with Crippen LogP contribution in [0.15, 0.2) is 48.5 Å². The van der Waals surface area contributed by atoms with E-state index in [1.54, 1.807) is 11.8 Å². The number of benzene rings is 2. The van der Waals surface area contributed by atoms with Crippen molar-refractivity contribution in [1.29, 1.82) is 0 Å². The van der Waals surface area contributed by atoms with Gasteiger partial charge in [0.2, 0.25) is 5.91 Å². The third-order valence-corrected chi connectivity index (χ3v) is 11.4. The summed E-state index contributed by atoms with van der Waals surface area (Å²) in [5.41, 5.74) is 9.45. The molecule has 12 heteroatoms. The number of esters is 2. The van der Waals surface area contributed by atoms with Gasteiger partial charge >= 0.3 is 17.9 Å². The van der Waals surface area contributed by atoms with Gasteiger partial charge in [0.1, 0.15) is 12.1 Å². The Labute approximate surface area is 333 Å². The molecule has 2 atom stereocenters. The number of halogens is 1. The first-order valence-electron chi connectivity index (χ1n) is 17.9. The van der Waals surface area contributed by atoms with Gasteiger partial charge in [-0.3, -0.25) is 14.4 Å². The van der Waals surface area contributed by atoms with Gasteiger partial charge in [0.05, 0.1) is 19.6 Å². The Balaban J connectivity index is 0.000000822. The minimum atomic E-state index is -0.627. The number of nitrogens with two attached hydrogens (primary N) is 1. The molecular formula is C41H65ClN2O7S2. The first kappa shape index (κ1) is 50.3. The van der Waals surface area contributed by atoms with E-state index in [2.05, 4.69) is 22.6 Å². The Morgan fingerprint density at radius 2 is 1.17 bits per heavy atom. The molecule has 0 bridgehead atoms. The molecule has 0 spiro atoms. The highest BCUT2D eigenvalue weighted by atomic mass is 35.5. The normalized spacial score (nSPS) is 15.6. The summed E-state index contributed by atoms with van der Waals surface area (Å²) in [6.45, 7) is 4.04. The lowest BCUT2D eigenvalue weighted by Gasteiger charge is -2.41. The molecule has 4 N–H and O–H groups in total. The Morgan fingerprint density at radius 1 is 0.755 bits per heavy atom. The quantitative estimate of drug-likeness (QED) is 0.106. The lowest BCUT2D eigenvalue weighted by molar-refractivity contribution is -0.155. The summed E-state index contributed by atoms with van der Waals surface area (Å²) in [4.78, 5) is 47.0. The summed E-state index contributed by atoms with van der Waals surface area (Å²) in [5.74, 6) is 0.851. The fourth-order valence-corrected chi connectivity index (χ4v) is 7.16. The molecule has 2 fully saturated rings. The number of hydrogen-bond acceptors (Lipinski definition) is 9. The number of carbonyl (C=O) groups excluding carboxylic acids is 3. The predicted molar refractivity (Wildman–Crippen MR) is 223 cm³/mol. The zero-order valence-corrected chi connectivity index (χ0v) is 34.3. The Bertz CT molecular complexity index is 1370. The average Bonchev–Trinajstić information content (AvgIpc) is 3.08. The summed E-state index contributed by atoms with van der Waals surface area (Å²) in [7, 11) is 2.71. The summed E-state index contributed by atoms with van der Waals surface area (Å²) in [6, 6.07) is 14.8. The highest BCUT2D eigenvalue weighted by Gasteiger charge is 2.45. The number of nitrogens with one attached hydrogen (secondary N) is 1. The molecule has 9 nitrogen and oxygen atoms in total. The van der Waals surface area contributed by atoms with Crippen molar-refractivity contribution in [3.63, 3.8) is 0 Å². The fourth-order valence-electron chi connectivity index (χ4n) is 6.30. The van der Waals surface area contributed by atoms with E-state index in [4.69, 9.17) is 15.6 Å². The number of carboxylic acids is 1. The number of thioether (sulfide) groups is 2. The van der Waals surface area contributed by atoms with Crippen molar-refractivity contribution in [3.05, 3.63) is 70.8 Å². The molecule has 4 rings (SSSR count). The average molecular weight is 798 g/mol. The Kier molecular flexibility index (Phi) is 24.8. The minimum Gasteiger partial charge on any atom is -0.481 e. The van der Waals surface area contributed by atoms with Gasteiger partial charge in [-0.15, -0.1) is 12.4 Å². The van der Waals surface area contributed by atoms with Crippen LogP contribution in [0.2, 0.25) is 0 Å². The summed E-state index contributed by atoms with van der Waals surface area (Å²) in [5, 5.41) is 12.0. The number of rotatable bonds is 17. The van der Waals surface area contributed by atoms with E-state index < -0.39 is 18.1 Å². The molecule has 0 aromatic heterocycles. The number of aliphatic carboxylic acids is 1. The van der Waals surface area contributed by atoms with E-state index in [-0.39, 0.29) is 48.5 Å². The van der Waals surface area contributed by atoms with Crippen LogP contribution < -0.4 is 11.1 Å². The van der Waals surface area contributed by atoms with Crippen LogP contribution >= 0.6 is 35.9 Å². The molecule has 300 valence electrons. The standard InChI is InChI=1S/C20H29NO3S.C11H15NO2.C9H16O2S.CH4.ClH/c1-15-6-8-16(9-7-15)14-17(18(22)24-2)21-19(23)20(10-4-11-20)12-5-13-25-3;1-8-3-5-9(6-4-8)7-10(12)11(13)14-2;1-12-7-3-6-9(8(10)11)4-2-5-9;;/h6-9,17H,4-5,10-14H2,1-3H3,(H,21,23);3-6,10H,7,12H2,1-2H3;2-7H2,1H3,(H,10,11);1H4;1H. The minimum absolute atomic E-state index is 0. The zero-order valence-electron chi connectivity index (χ0n) is 31.9. The van der Waals surface area contributed by atoms with Crippen molar-refractivity contribution in [2.45, 2.75) is 110 Å². The van der Waals surface area contributed by atoms with Gasteiger partial charge in [-0.1, -0.05) is 79.9 Å². The van der Waals surface area contributed by atoms with Crippen molar-refractivity contribution >= 4 is 59.7 Å². The molecule has 0 aliphatic heterocycles. The summed E-state index contributed by atoms with van der Waals surface area (Å²) in [6.07, 6.45) is 14.8. The maximum Gasteiger partial charge on any atom is 0.328 e. The van der Waals surface area contributed by atoms with E-state index in [0.717, 1.165) is 86.8 Å². The maximum absolute atomic E-state index is 12.9. The molecular weight excluding hydrogens is 732 g/mol. The monoisotopic (exact) mass is 796 g/mol. The summed E-state index contributed by atoms with van der Waals surface area (Å²) < 4.78 is 9.46. The van der Waals surface area contributed by atoms with Crippen molar-refractivity contribution in [1.82, 2.24) is 5.32 Å². The molecule has 2 saturated carbocycles. The molecule has 2 unspecified atom stereocenters. The molecule has 2 aliphatic rings. The SMILES string of the molecule is C.COC(=O)C(Cc1ccc(C)cc1)NC(=O)C1(CCCSC)CCC1.COC(=O)C(N)Cc1ccc(C)cc1.CSCCCC1(C(=O)O)CCC1.Cl. The number of carboxylic acid groups (broad SMARTS) is 1. The van der Waals surface area contributed by atoms with Gasteiger partial charge in [-0.05, 0) is 107 Å². The lowest BCUT2D eigenvalue weighted by Crippen LogP contribution is -2.52. The second-order valence-corrected chi connectivity index (χ2v) is 15.8. The van der Waals surface area contributed by atoms with Crippen LogP contribution in [0.4, 0.5) is 0 Å². The van der Waals surface area contributed by atoms with Gasteiger partial charge in [-0.2, -0.15) is 23.5 Å². The number of carbonyl (C=O) groups is 4. The number of amides is 1. The molecule has 2 aliphatic carbocycles. The highest BCUT2D eigenvalue weighted by Crippen LogP contribution is 2.46. The van der Waals surface area contributed by atoms with Gasteiger partial charge in [0.25, 0.3) is 0 Å². The number of ether oxygens (including phenoxy) is 2. The van der Waals surface area contributed by atoms with Crippen molar-refractivity contribution in [2.75, 3.05) is 38.2 Å². The molecule has 2 aromatic carbocycles. The molecule has 0 saturated heterocycles. The molecule has 53 heavy (non-hydrogen) atoms. The Morgan fingerprint density at radius 3 is 1.53 bits per heavy atom. The van der Waals surface area contributed by atoms with Gasteiger partial charge < -0.3 is 25.6 Å². The van der Waals surface area contributed by atoms with Crippen molar-refractivity contribution < 1.29 is 33.8 Å². The van der Waals surface area contributed by atoms with E-state index in [1.165, 1.54) is 25.3 Å². The number of methoxy groups -OCH3 is 2. The third-order valence-electron chi connectivity index (χ3n) is 10.00. The zero-order chi connectivity index (χ0) is 37.9. The maximum atomic E-state index is 12.9. The molecule has 1 amide bonds. The first-order chi connectivity index (χ1) is 24.3. The largest absolute Gasteiger partial charge is 0.481 e. The smallest absolute Gasteiger partial charge is 0.328 e. The topological polar surface area (TPSA) is 145 Å². The van der Waals surface area contributed by atoms with Crippen molar-refractivity contribution in [3.8, 4) is 0 Å². The molecule has 0 radical (unpaired) electrons. The van der Waals surface area contributed by atoms with E-state index >= 15 is 0 Å². The highest BCUT2D eigenvalue weighted by molar-refractivity contribution is 7.98. The lowest BCUT2D eigenvalue weighted by atomic mass is 9.65. The van der Waals surface area contributed by atoms with E-state index in [9.17, 15) is 19.2 Å².